The zero-order valence-corrected chi connectivity index (χ0v) is 12.6. The zero-order valence-electron chi connectivity index (χ0n) is 12.6. The van der Waals surface area contributed by atoms with Crippen LogP contribution in [0.3, 0.4) is 0 Å². The van der Waals surface area contributed by atoms with E-state index in [4.69, 9.17) is 0 Å². The van der Waals surface area contributed by atoms with Crippen LogP contribution in [0.5, 0.6) is 0 Å². The number of amides is 1. The van der Waals surface area contributed by atoms with Gasteiger partial charge in [0.05, 0.1) is 6.10 Å². The molecule has 0 aromatic heterocycles. The van der Waals surface area contributed by atoms with Gasteiger partial charge < -0.3 is 10.4 Å². The maximum atomic E-state index is 13.1. The van der Waals surface area contributed by atoms with E-state index in [9.17, 15) is 18.7 Å². The molecule has 3 nitrogen and oxygen atoms in total. The van der Waals surface area contributed by atoms with Crippen molar-refractivity contribution in [2.24, 2.45) is 0 Å². The maximum absolute atomic E-state index is 13.1. The molecular weight excluding hydrogens is 300 g/mol. The molecule has 0 radical (unpaired) electrons. The summed E-state index contributed by atoms with van der Waals surface area (Å²) < 4.78 is 25.9. The number of nitrogens with one attached hydrogen (secondary N) is 1. The SMILES string of the molecule is O=C(CCc1ccc(F)c(F)c1)NCC(O)Cc1ccccc1. The predicted molar refractivity (Wildman–Crippen MR) is 83.8 cm³/mol. The van der Waals surface area contributed by atoms with E-state index in [-0.39, 0.29) is 18.9 Å². The number of carbonyl (C=O) groups is 1. The van der Waals surface area contributed by atoms with Crippen molar-refractivity contribution in [1.29, 1.82) is 0 Å². The van der Waals surface area contributed by atoms with Crippen LogP contribution < -0.4 is 5.32 Å². The Balaban J connectivity index is 1.71. The lowest BCUT2D eigenvalue weighted by atomic mass is 10.1. The third kappa shape index (κ3) is 5.79. The predicted octanol–water partition coefficient (Wildman–Crippen LogP) is 2.62. The molecule has 0 aliphatic rings. The normalized spacial score (nSPS) is 12.0. The van der Waals surface area contributed by atoms with Crippen LogP contribution in [-0.2, 0) is 17.6 Å². The Bertz CT molecular complexity index is 647. The van der Waals surface area contributed by atoms with Gasteiger partial charge in [-0.05, 0) is 29.7 Å². The molecular formula is C18H19F2NO2. The zero-order chi connectivity index (χ0) is 16.7. The molecule has 2 rings (SSSR count). The van der Waals surface area contributed by atoms with Crippen LogP contribution in [0.2, 0.25) is 0 Å². The summed E-state index contributed by atoms with van der Waals surface area (Å²) in [7, 11) is 0. The van der Waals surface area contributed by atoms with E-state index in [1.54, 1.807) is 0 Å². The molecule has 1 amide bonds. The van der Waals surface area contributed by atoms with Crippen LogP contribution in [0.25, 0.3) is 0 Å². The van der Waals surface area contributed by atoms with Crippen molar-refractivity contribution in [3.63, 3.8) is 0 Å². The summed E-state index contributed by atoms with van der Waals surface area (Å²) in [6.45, 7) is 0.158. The molecule has 122 valence electrons. The molecule has 0 bridgehead atoms. The molecule has 0 spiro atoms. The monoisotopic (exact) mass is 319 g/mol. The average Bonchev–Trinajstić information content (AvgIpc) is 2.55. The molecule has 23 heavy (non-hydrogen) atoms. The van der Waals surface area contributed by atoms with Crippen molar-refractivity contribution < 1.29 is 18.7 Å². The third-order valence-corrected chi connectivity index (χ3v) is 3.47. The molecule has 0 saturated carbocycles. The average molecular weight is 319 g/mol. The topological polar surface area (TPSA) is 49.3 Å². The Labute approximate surface area is 134 Å². The highest BCUT2D eigenvalue weighted by molar-refractivity contribution is 5.76. The minimum atomic E-state index is -0.916. The molecule has 5 heteroatoms. The molecule has 0 heterocycles. The second kappa shape index (κ2) is 8.39. The van der Waals surface area contributed by atoms with Gasteiger partial charge >= 0.3 is 0 Å². The van der Waals surface area contributed by atoms with Crippen LogP contribution in [0.4, 0.5) is 8.78 Å². The first-order valence-corrected chi connectivity index (χ1v) is 7.47. The fourth-order valence-electron chi connectivity index (χ4n) is 2.23. The Kier molecular flexibility index (Phi) is 6.23. The quantitative estimate of drug-likeness (QED) is 0.824. The van der Waals surface area contributed by atoms with Crippen molar-refractivity contribution >= 4 is 5.91 Å². The van der Waals surface area contributed by atoms with Gasteiger partial charge in [0.1, 0.15) is 0 Å². The molecule has 2 aromatic carbocycles. The minimum Gasteiger partial charge on any atom is -0.391 e. The Hall–Kier alpha value is -2.27. The van der Waals surface area contributed by atoms with Gasteiger partial charge in [-0.1, -0.05) is 36.4 Å². The van der Waals surface area contributed by atoms with E-state index in [0.717, 1.165) is 17.7 Å². The van der Waals surface area contributed by atoms with E-state index < -0.39 is 17.7 Å². The molecule has 1 unspecified atom stereocenters. The Morgan fingerprint density at radius 1 is 1.04 bits per heavy atom. The van der Waals surface area contributed by atoms with Gasteiger partial charge in [-0.2, -0.15) is 0 Å². The van der Waals surface area contributed by atoms with Gasteiger partial charge in [0, 0.05) is 19.4 Å². The summed E-state index contributed by atoms with van der Waals surface area (Å²) in [5.41, 5.74) is 1.56. The summed E-state index contributed by atoms with van der Waals surface area (Å²) in [5, 5.41) is 12.5. The highest BCUT2D eigenvalue weighted by atomic mass is 19.2. The van der Waals surface area contributed by atoms with Crippen molar-refractivity contribution in [3.05, 3.63) is 71.3 Å². The van der Waals surface area contributed by atoms with Crippen molar-refractivity contribution in [1.82, 2.24) is 5.32 Å². The van der Waals surface area contributed by atoms with E-state index >= 15 is 0 Å². The molecule has 2 aromatic rings. The largest absolute Gasteiger partial charge is 0.391 e. The van der Waals surface area contributed by atoms with E-state index in [2.05, 4.69) is 5.32 Å². The molecule has 0 aliphatic heterocycles. The number of aliphatic hydroxyl groups is 1. The first-order chi connectivity index (χ1) is 11.0. The highest BCUT2D eigenvalue weighted by Gasteiger charge is 2.09. The fraction of sp³-hybridized carbons (Fsp3) is 0.278. The van der Waals surface area contributed by atoms with Crippen LogP contribution in [0.1, 0.15) is 17.5 Å². The molecule has 0 fully saturated rings. The summed E-state index contributed by atoms with van der Waals surface area (Å²) in [5.74, 6) is -2.05. The second-order valence-electron chi connectivity index (χ2n) is 5.40. The Morgan fingerprint density at radius 3 is 2.48 bits per heavy atom. The van der Waals surface area contributed by atoms with Crippen molar-refractivity contribution in [2.75, 3.05) is 6.54 Å². The van der Waals surface area contributed by atoms with Gasteiger partial charge in [0.2, 0.25) is 5.91 Å². The molecule has 0 saturated heterocycles. The van der Waals surface area contributed by atoms with Gasteiger partial charge in [-0.3, -0.25) is 4.79 Å². The number of aliphatic hydroxyl groups excluding tert-OH is 1. The van der Waals surface area contributed by atoms with E-state index in [0.29, 0.717) is 18.4 Å². The number of benzene rings is 2. The highest BCUT2D eigenvalue weighted by Crippen LogP contribution is 2.10. The summed E-state index contributed by atoms with van der Waals surface area (Å²) in [6, 6.07) is 13.1. The summed E-state index contributed by atoms with van der Waals surface area (Å²) >= 11 is 0. The summed E-state index contributed by atoms with van der Waals surface area (Å²) in [6.07, 6.45) is 0.273. The number of hydrogen-bond donors (Lipinski definition) is 2. The number of aryl methyl sites for hydroxylation is 1. The lowest BCUT2D eigenvalue weighted by Crippen LogP contribution is -2.33. The van der Waals surface area contributed by atoms with Crippen molar-refractivity contribution in [2.45, 2.75) is 25.4 Å². The first kappa shape index (κ1) is 17.1. The summed E-state index contributed by atoms with van der Waals surface area (Å²) in [4.78, 5) is 11.7. The molecule has 0 aliphatic carbocycles. The van der Waals surface area contributed by atoms with Crippen LogP contribution in [0, 0.1) is 11.6 Å². The van der Waals surface area contributed by atoms with E-state index in [1.165, 1.54) is 6.07 Å². The van der Waals surface area contributed by atoms with Crippen LogP contribution in [0.15, 0.2) is 48.5 Å². The molecule has 1 atom stereocenters. The van der Waals surface area contributed by atoms with Gasteiger partial charge in [0.25, 0.3) is 0 Å². The van der Waals surface area contributed by atoms with Gasteiger partial charge in [-0.15, -0.1) is 0 Å². The second-order valence-corrected chi connectivity index (χ2v) is 5.40. The maximum Gasteiger partial charge on any atom is 0.220 e. The smallest absolute Gasteiger partial charge is 0.220 e. The molecule has 2 N–H and O–H groups in total. The Morgan fingerprint density at radius 2 is 1.78 bits per heavy atom. The standard InChI is InChI=1S/C18H19F2NO2/c19-16-8-6-14(11-17(16)20)7-9-18(23)21-12-15(22)10-13-4-2-1-3-5-13/h1-6,8,11,15,22H,7,9-10,12H2,(H,21,23). The lowest BCUT2D eigenvalue weighted by molar-refractivity contribution is -0.121. The number of carbonyl (C=O) groups excluding carboxylic acids is 1. The van der Waals surface area contributed by atoms with Gasteiger partial charge in [-0.25, -0.2) is 8.78 Å². The number of halogens is 2. The van der Waals surface area contributed by atoms with Crippen molar-refractivity contribution in [3.8, 4) is 0 Å². The first-order valence-electron chi connectivity index (χ1n) is 7.47. The van der Waals surface area contributed by atoms with Crippen LogP contribution in [-0.4, -0.2) is 23.7 Å². The van der Waals surface area contributed by atoms with E-state index in [1.807, 2.05) is 30.3 Å². The fourth-order valence-corrected chi connectivity index (χ4v) is 2.23. The lowest BCUT2D eigenvalue weighted by Gasteiger charge is -2.12. The minimum absolute atomic E-state index is 0.156. The van der Waals surface area contributed by atoms with Gasteiger partial charge in [0.15, 0.2) is 11.6 Å². The third-order valence-electron chi connectivity index (χ3n) is 3.47. The van der Waals surface area contributed by atoms with Crippen LogP contribution >= 0.6 is 0 Å². The number of hydrogen-bond acceptors (Lipinski definition) is 2. The number of rotatable bonds is 7.